The van der Waals surface area contributed by atoms with E-state index in [1.54, 1.807) is 0 Å². The van der Waals surface area contributed by atoms with E-state index in [0.717, 1.165) is 24.8 Å². The minimum absolute atomic E-state index is 0.00276. The van der Waals surface area contributed by atoms with Crippen molar-refractivity contribution in [3.05, 3.63) is 12.2 Å². The molecule has 0 aromatic rings. The third-order valence-electron chi connectivity index (χ3n) is 16.8. The van der Waals surface area contributed by atoms with Gasteiger partial charge >= 0.3 is 5.97 Å². The van der Waals surface area contributed by atoms with E-state index in [-0.39, 0.29) is 35.5 Å². The molecule has 4 saturated carbocycles. The van der Waals surface area contributed by atoms with Gasteiger partial charge in [0.05, 0.1) is 49.7 Å². The van der Waals surface area contributed by atoms with Crippen molar-refractivity contribution >= 4 is 5.97 Å². The van der Waals surface area contributed by atoms with E-state index in [0.29, 0.717) is 38.5 Å². The van der Waals surface area contributed by atoms with Gasteiger partial charge in [-0.1, -0.05) is 19.9 Å². The molecule has 0 radical (unpaired) electrons. The van der Waals surface area contributed by atoms with Crippen LogP contribution in [0.4, 0.5) is 0 Å². The summed E-state index contributed by atoms with van der Waals surface area (Å²) in [7, 11) is 0. The van der Waals surface area contributed by atoms with Crippen molar-refractivity contribution in [2.75, 3.05) is 26.4 Å². The maximum atomic E-state index is 15.0. The van der Waals surface area contributed by atoms with Crippen LogP contribution in [-0.2, 0) is 42.7 Å². The van der Waals surface area contributed by atoms with Crippen LogP contribution in [0.5, 0.6) is 0 Å². The number of hydrogen-bond acceptors (Lipinski definition) is 21. The number of carbonyl (C=O) groups excluding carboxylic acids is 1. The molecule has 8 rings (SSSR count). The molecular formula is C44H70O21. The molecule has 0 amide bonds. The second kappa shape index (κ2) is 19.0. The van der Waals surface area contributed by atoms with Crippen molar-refractivity contribution in [3.63, 3.8) is 0 Å². The number of aliphatic hydroxyl groups excluding tert-OH is 12. The minimum atomic E-state index is -1.94. The van der Waals surface area contributed by atoms with E-state index in [4.69, 9.17) is 37.9 Å². The van der Waals surface area contributed by atoms with Crippen LogP contribution in [0.15, 0.2) is 12.2 Å². The van der Waals surface area contributed by atoms with E-state index in [1.165, 1.54) is 0 Å². The molecule has 4 saturated heterocycles. The van der Waals surface area contributed by atoms with Crippen LogP contribution >= 0.6 is 0 Å². The Hall–Kier alpha value is -1.55. The molecule has 4 aliphatic heterocycles. The molecule has 0 aromatic heterocycles. The van der Waals surface area contributed by atoms with Crippen molar-refractivity contribution in [2.45, 2.75) is 201 Å². The first-order valence-electron chi connectivity index (χ1n) is 23.2. The zero-order chi connectivity index (χ0) is 47.0. The third-order valence-corrected chi connectivity index (χ3v) is 16.8. The molecule has 8 aliphatic rings. The Morgan fingerprint density at radius 2 is 1.17 bits per heavy atom. The maximum Gasteiger partial charge on any atom is 0.314 e. The summed E-state index contributed by atoms with van der Waals surface area (Å²) >= 11 is 0. The van der Waals surface area contributed by atoms with E-state index < -0.39 is 154 Å². The highest BCUT2D eigenvalue weighted by Gasteiger charge is 2.69. The molecule has 372 valence electrons. The average Bonchev–Trinajstić information content (AvgIpc) is 3.46. The standard InChI is InChI=1S/C44H70O21/c1-19-13-43-9-5-28-41(2,29(43)6-10-44(19,18-43)65-37-23(52)12-21(50)25(15-46)59-37)7-4-8-42(28,3)40(57)64-39-35(63-36-22(51)11-20(49)24(14-45)58-36)34(31(54)27(17-48)61-39)62-38-33(56)32(55)30(53)26(16-47)60-38/h20-39,45-56H,1,4-18H2,2-3H3/t20?,21?,22?,23?,24?,25?,26?,27?,28-,29-,30?,31?,32?,33?,34?,35?,36?,37?,38?,39?,41+,42+,43+,44-/m0/s1. The maximum absolute atomic E-state index is 15.0. The summed E-state index contributed by atoms with van der Waals surface area (Å²) in [5.74, 6) is -0.749. The second-order valence-corrected chi connectivity index (χ2v) is 20.6. The van der Waals surface area contributed by atoms with Gasteiger partial charge in [-0.3, -0.25) is 4.79 Å². The van der Waals surface area contributed by atoms with Crippen LogP contribution in [0.25, 0.3) is 0 Å². The van der Waals surface area contributed by atoms with Crippen molar-refractivity contribution in [1.29, 1.82) is 0 Å². The fourth-order valence-corrected chi connectivity index (χ4v) is 13.4. The third kappa shape index (κ3) is 8.65. The van der Waals surface area contributed by atoms with Gasteiger partial charge in [0.1, 0.15) is 67.1 Å². The topological polar surface area (TPSA) is 334 Å². The number of hydrogen-bond donors (Lipinski definition) is 12. The van der Waals surface area contributed by atoms with Crippen LogP contribution in [0, 0.1) is 28.1 Å². The normalized spacial score (nSPS) is 53.5. The summed E-state index contributed by atoms with van der Waals surface area (Å²) in [6.07, 6.45) is -21.5. The molecular weight excluding hydrogens is 864 g/mol. The summed E-state index contributed by atoms with van der Waals surface area (Å²) in [5.41, 5.74) is -1.62. The number of rotatable bonds is 12. The van der Waals surface area contributed by atoms with Crippen LogP contribution in [0.2, 0.25) is 0 Å². The highest BCUT2D eigenvalue weighted by molar-refractivity contribution is 5.77. The van der Waals surface area contributed by atoms with Gasteiger partial charge in [0.15, 0.2) is 25.0 Å². The van der Waals surface area contributed by atoms with Gasteiger partial charge in [0.25, 0.3) is 0 Å². The molecule has 0 aromatic carbocycles. The zero-order valence-corrected chi connectivity index (χ0v) is 36.9. The highest BCUT2D eigenvalue weighted by atomic mass is 16.8. The van der Waals surface area contributed by atoms with Gasteiger partial charge in [0.2, 0.25) is 6.29 Å². The monoisotopic (exact) mass is 934 g/mol. The molecule has 12 N–H and O–H groups in total. The van der Waals surface area contributed by atoms with Gasteiger partial charge in [-0.25, -0.2) is 0 Å². The number of ether oxygens (including phenoxy) is 8. The average molecular weight is 935 g/mol. The largest absolute Gasteiger partial charge is 0.432 e. The first-order valence-corrected chi connectivity index (χ1v) is 23.2. The van der Waals surface area contributed by atoms with Gasteiger partial charge in [0, 0.05) is 12.8 Å². The van der Waals surface area contributed by atoms with E-state index in [2.05, 4.69) is 13.5 Å². The molecule has 8 fully saturated rings. The van der Waals surface area contributed by atoms with Crippen LogP contribution in [0.1, 0.15) is 84.5 Å². The predicted molar refractivity (Wildman–Crippen MR) is 216 cm³/mol. The lowest BCUT2D eigenvalue weighted by molar-refractivity contribution is -0.384. The van der Waals surface area contributed by atoms with Crippen LogP contribution in [0.3, 0.4) is 0 Å². The Kier molecular flexibility index (Phi) is 14.6. The summed E-state index contributed by atoms with van der Waals surface area (Å²) in [6.45, 7) is 5.85. The lowest BCUT2D eigenvalue weighted by Crippen LogP contribution is -2.67. The molecule has 4 heterocycles. The van der Waals surface area contributed by atoms with Crippen LogP contribution in [-0.4, -0.2) is 210 Å². The molecule has 24 atom stereocenters. The Labute approximate surface area is 376 Å². The smallest absolute Gasteiger partial charge is 0.314 e. The molecule has 2 bridgehead atoms. The van der Waals surface area contributed by atoms with Crippen molar-refractivity contribution in [2.24, 2.45) is 28.1 Å². The number of aliphatic hydroxyl groups is 12. The lowest BCUT2D eigenvalue weighted by Gasteiger charge is -2.64. The Morgan fingerprint density at radius 3 is 1.82 bits per heavy atom. The molecule has 21 heteroatoms. The molecule has 4 aliphatic carbocycles. The van der Waals surface area contributed by atoms with Gasteiger partial charge in [-0.05, 0) is 86.5 Å². The van der Waals surface area contributed by atoms with Crippen LogP contribution < -0.4 is 0 Å². The molecule has 1 spiro atoms. The van der Waals surface area contributed by atoms with E-state index >= 15 is 4.79 Å². The Balaban J connectivity index is 1.05. The number of esters is 1. The summed E-state index contributed by atoms with van der Waals surface area (Å²) in [6, 6.07) is 0. The summed E-state index contributed by atoms with van der Waals surface area (Å²) in [4.78, 5) is 15.0. The Bertz CT molecular complexity index is 1690. The van der Waals surface area contributed by atoms with Crippen molar-refractivity contribution in [1.82, 2.24) is 0 Å². The number of fused-ring (bicyclic) bond motifs is 3. The quantitative estimate of drug-likeness (QED) is 0.0525. The molecule has 21 nitrogen and oxygen atoms in total. The van der Waals surface area contributed by atoms with Gasteiger partial charge < -0.3 is 99.2 Å². The first-order chi connectivity index (χ1) is 30.8. The summed E-state index contributed by atoms with van der Waals surface area (Å²) in [5, 5.41) is 126. The first kappa shape index (κ1) is 49.9. The SMILES string of the molecule is C=C1C[C@@]23CC[C@H]4[C@@](C)(CCC[C@@]4(C)C(=O)OC4OC(CO)C(O)C(OC5OC(CO)C(O)C(O)C5O)C4OC4OC(CO)C(O)CC4O)[C@@H]2CC[C@]1(OC1OC(CO)C(O)CC1O)C3. The fourth-order valence-electron chi connectivity index (χ4n) is 13.4. The van der Waals surface area contributed by atoms with Crippen molar-refractivity contribution < 1.29 is 104 Å². The van der Waals surface area contributed by atoms with Gasteiger partial charge in [-0.15, -0.1) is 0 Å². The summed E-state index contributed by atoms with van der Waals surface area (Å²) < 4.78 is 48.4. The number of carbonyl (C=O) groups is 1. The lowest BCUT2D eigenvalue weighted by atomic mass is 9.41. The minimum Gasteiger partial charge on any atom is -0.432 e. The van der Waals surface area contributed by atoms with Crippen molar-refractivity contribution in [3.8, 4) is 0 Å². The van der Waals surface area contributed by atoms with E-state index in [9.17, 15) is 61.3 Å². The fraction of sp³-hybridized carbons (Fsp3) is 0.932. The highest BCUT2D eigenvalue weighted by Crippen LogP contribution is 2.73. The molecule has 65 heavy (non-hydrogen) atoms. The predicted octanol–water partition coefficient (Wildman–Crippen LogP) is -3.06. The Morgan fingerprint density at radius 1 is 0.615 bits per heavy atom. The van der Waals surface area contributed by atoms with Gasteiger partial charge in [-0.2, -0.15) is 0 Å². The van der Waals surface area contributed by atoms with E-state index in [1.807, 2.05) is 6.92 Å². The zero-order valence-electron chi connectivity index (χ0n) is 36.9. The second-order valence-electron chi connectivity index (χ2n) is 20.6. The molecule has 18 unspecified atom stereocenters.